The first kappa shape index (κ1) is 40.0. The summed E-state index contributed by atoms with van der Waals surface area (Å²) in [6.07, 6.45) is 7.49. The number of amides is 3. The predicted octanol–water partition coefficient (Wildman–Crippen LogP) is 9.86. The molecule has 56 heavy (non-hydrogen) atoms. The van der Waals surface area contributed by atoms with E-state index in [2.05, 4.69) is 16.0 Å². The Morgan fingerprint density at radius 1 is 0.786 bits per heavy atom. The number of rotatable bonds is 14. The average Bonchev–Trinajstić information content (AvgIpc) is 3.53. The topological polar surface area (TPSA) is 123 Å². The van der Waals surface area contributed by atoms with Gasteiger partial charge in [-0.2, -0.15) is 0 Å². The third-order valence-electron chi connectivity index (χ3n) is 9.12. The van der Waals surface area contributed by atoms with Crippen LogP contribution in [-0.2, 0) is 27.2 Å². The first-order chi connectivity index (χ1) is 27.3. The quantitative estimate of drug-likeness (QED) is 0.0582. The van der Waals surface area contributed by atoms with Gasteiger partial charge in [0.25, 0.3) is 11.8 Å². The van der Waals surface area contributed by atoms with E-state index < -0.39 is 23.0 Å². The van der Waals surface area contributed by atoms with Gasteiger partial charge in [-0.1, -0.05) is 85.6 Å². The number of ether oxygens (including phenoxy) is 2. The molecule has 0 saturated carbocycles. The van der Waals surface area contributed by atoms with Crippen molar-refractivity contribution >= 4 is 63.6 Å². The molecular weight excluding hydrogens is 743 g/mol. The fourth-order valence-corrected chi connectivity index (χ4v) is 8.84. The van der Waals surface area contributed by atoms with Gasteiger partial charge in [0.2, 0.25) is 5.91 Å². The van der Waals surface area contributed by atoms with Gasteiger partial charge in [-0.3, -0.25) is 14.4 Å². The molecule has 1 atom stereocenters. The Morgan fingerprint density at radius 3 is 2.25 bits per heavy atom. The number of thioether (sulfide) groups is 1. The van der Waals surface area contributed by atoms with Gasteiger partial charge in [-0.05, 0) is 93.1 Å². The van der Waals surface area contributed by atoms with Crippen LogP contribution < -0.4 is 20.7 Å². The maximum absolute atomic E-state index is 14.3. The fraction of sp³-hybridized carbons (Fsp3) is 0.244. The fourth-order valence-electron chi connectivity index (χ4n) is 6.47. The Kier molecular flexibility index (Phi) is 14.1. The van der Waals surface area contributed by atoms with E-state index in [1.165, 1.54) is 23.1 Å². The number of benzene rings is 4. The lowest BCUT2D eigenvalue weighted by molar-refractivity contribution is -0.116. The van der Waals surface area contributed by atoms with E-state index in [9.17, 15) is 19.2 Å². The van der Waals surface area contributed by atoms with Crippen molar-refractivity contribution in [2.45, 2.75) is 62.5 Å². The van der Waals surface area contributed by atoms with Crippen LogP contribution in [0, 0.1) is 0 Å². The number of aryl methyl sites for hydroxylation is 1. The van der Waals surface area contributed by atoms with Crippen molar-refractivity contribution in [3.8, 4) is 5.75 Å². The van der Waals surface area contributed by atoms with E-state index in [0.29, 0.717) is 39.7 Å². The summed E-state index contributed by atoms with van der Waals surface area (Å²) in [6, 6.07) is 32.6. The van der Waals surface area contributed by atoms with Gasteiger partial charge in [0, 0.05) is 26.6 Å². The molecule has 0 saturated heterocycles. The summed E-state index contributed by atoms with van der Waals surface area (Å²) in [6.45, 7) is 4.32. The van der Waals surface area contributed by atoms with E-state index in [1.54, 1.807) is 61.5 Å². The largest absolute Gasteiger partial charge is 0.493 e. The van der Waals surface area contributed by atoms with Crippen LogP contribution in [0.2, 0.25) is 0 Å². The van der Waals surface area contributed by atoms with Crippen LogP contribution in [0.25, 0.3) is 6.08 Å². The molecule has 0 spiro atoms. The van der Waals surface area contributed by atoms with Crippen LogP contribution in [0.3, 0.4) is 0 Å². The van der Waals surface area contributed by atoms with E-state index in [4.69, 9.17) is 9.47 Å². The van der Waals surface area contributed by atoms with Crippen LogP contribution >= 0.6 is 23.1 Å². The van der Waals surface area contributed by atoms with E-state index >= 15 is 0 Å². The zero-order valence-corrected chi connectivity index (χ0v) is 33.1. The van der Waals surface area contributed by atoms with Gasteiger partial charge in [0.05, 0.1) is 18.8 Å². The molecule has 6 rings (SSSR count). The molecule has 1 heterocycles. The SMILES string of the molecule is CCOC(=O)c1c(NC(=O)C(Sc2cccc(NC(=O)/C(=C\c3ccccc3OCC)NC(=O)c3ccccc3)c2)c2ccccc2)sc2c1CCCCCC2. The number of esters is 1. The molecule has 3 N–H and O–H groups in total. The smallest absolute Gasteiger partial charge is 0.341 e. The lowest BCUT2D eigenvalue weighted by atomic mass is 9.96. The zero-order chi connectivity index (χ0) is 39.3. The van der Waals surface area contributed by atoms with Crippen LogP contribution in [0.15, 0.2) is 120 Å². The monoisotopic (exact) mass is 787 g/mol. The molecular formula is C45H45N3O6S2. The van der Waals surface area contributed by atoms with Crippen LogP contribution in [-0.4, -0.2) is 36.9 Å². The molecule has 9 nitrogen and oxygen atoms in total. The molecule has 1 aliphatic carbocycles. The minimum absolute atomic E-state index is 0.0213. The molecule has 288 valence electrons. The molecule has 0 radical (unpaired) electrons. The highest BCUT2D eigenvalue weighted by Crippen LogP contribution is 2.41. The third-order valence-corrected chi connectivity index (χ3v) is 11.6. The second-order valence-electron chi connectivity index (χ2n) is 13.1. The molecule has 11 heteroatoms. The van der Waals surface area contributed by atoms with Gasteiger partial charge in [-0.15, -0.1) is 23.1 Å². The van der Waals surface area contributed by atoms with Crippen molar-refractivity contribution in [2.24, 2.45) is 0 Å². The lowest BCUT2D eigenvalue weighted by Gasteiger charge is -2.18. The predicted molar refractivity (Wildman–Crippen MR) is 224 cm³/mol. The standard InChI is InChI=1S/C45H45N3O6S2/c1-3-53-37-26-16-15-22-32(37)28-36(47-41(49)31-20-11-8-12-21-31)42(50)46-33-23-17-24-34(29-33)55-40(30-18-9-7-10-19-30)43(51)48-44-39(45(52)54-4-2)35-25-13-5-6-14-27-38(35)56-44/h7-12,15-24,26,28-29,40H,3-6,13-14,25,27H2,1-2H3,(H,46,50)(H,47,49)(H,48,51)/b36-28+. The molecule has 1 unspecified atom stereocenters. The minimum Gasteiger partial charge on any atom is -0.493 e. The number of nitrogens with one attached hydrogen (secondary N) is 3. The molecule has 0 bridgehead atoms. The number of carbonyl (C=O) groups excluding carboxylic acids is 4. The molecule has 4 aromatic carbocycles. The summed E-state index contributed by atoms with van der Waals surface area (Å²) in [5.41, 5.74) is 3.75. The van der Waals surface area contributed by atoms with Crippen molar-refractivity contribution in [2.75, 3.05) is 23.8 Å². The number of carbonyl (C=O) groups is 4. The lowest BCUT2D eigenvalue weighted by Crippen LogP contribution is -2.30. The van der Waals surface area contributed by atoms with Gasteiger partial charge >= 0.3 is 5.97 Å². The Morgan fingerprint density at radius 2 is 1.50 bits per heavy atom. The Hall–Kier alpha value is -5.65. The van der Waals surface area contributed by atoms with Crippen LogP contribution in [0.1, 0.15) is 87.1 Å². The highest BCUT2D eigenvalue weighted by Gasteiger charge is 2.29. The summed E-state index contributed by atoms with van der Waals surface area (Å²) < 4.78 is 11.3. The molecule has 3 amide bonds. The average molecular weight is 788 g/mol. The number of hydrogen-bond acceptors (Lipinski definition) is 8. The van der Waals surface area contributed by atoms with Gasteiger partial charge in [0.15, 0.2) is 0 Å². The molecule has 0 aliphatic heterocycles. The summed E-state index contributed by atoms with van der Waals surface area (Å²) in [7, 11) is 0. The first-order valence-corrected chi connectivity index (χ1v) is 20.6. The van der Waals surface area contributed by atoms with Crippen molar-refractivity contribution in [1.82, 2.24) is 5.32 Å². The summed E-state index contributed by atoms with van der Waals surface area (Å²) in [5, 5.41) is 8.67. The Bertz CT molecular complexity index is 2180. The van der Waals surface area contributed by atoms with Gasteiger partial charge in [-0.25, -0.2) is 4.79 Å². The summed E-state index contributed by atoms with van der Waals surface area (Å²) in [4.78, 5) is 56.7. The van der Waals surface area contributed by atoms with Crippen molar-refractivity contribution in [3.05, 3.63) is 148 Å². The highest BCUT2D eigenvalue weighted by atomic mass is 32.2. The van der Waals surface area contributed by atoms with Crippen molar-refractivity contribution in [3.63, 3.8) is 0 Å². The third kappa shape index (κ3) is 10.3. The summed E-state index contributed by atoms with van der Waals surface area (Å²) >= 11 is 2.80. The van der Waals surface area contributed by atoms with Crippen molar-refractivity contribution < 1.29 is 28.7 Å². The number of para-hydroxylation sites is 1. The van der Waals surface area contributed by atoms with Crippen LogP contribution in [0.5, 0.6) is 5.75 Å². The second-order valence-corrected chi connectivity index (χ2v) is 15.4. The second kappa shape index (κ2) is 19.8. The molecule has 5 aromatic rings. The number of hydrogen-bond donors (Lipinski definition) is 3. The van der Waals surface area contributed by atoms with E-state index in [-0.39, 0.29) is 18.2 Å². The van der Waals surface area contributed by atoms with E-state index in [0.717, 1.165) is 59.4 Å². The summed E-state index contributed by atoms with van der Waals surface area (Å²) in [5.74, 6) is -1.10. The normalized spacial score (nSPS) is 13.3. The first-order valence-electron chi connectivity index (χ1n) is 18.9. The highest BCUT2D eigenvalue weighted by molar-refractivity contribution is 8.00. The van der Waals surface area contributed by atoms with Crippen molar-refractivity contribution in [1.29, 1.82) is 0 Å². The number of fused-ring (bicyclic) bond motifs is 1. The maximum atomic E-state index is 14.3. The molecule has 1 aromatic heterocycles. The number of anilines is 2. The zero-order valence-electron chi connectivity index (χ0n) is 31.5. The van der Waals surface area contributed by atoms with E-state index in [1.807, 2.05) is 67.6 Å². The van der Waals surface area contributed by atoms with Crippen LogP contribution in [0.4, 0.5) is 10.7 Å². The molecule has 0 fully saturated rings. The van der Waals surface area contributed by atoms with Gasteiger partial charge in [0.1, 0.15) is 21.7 Å². The maximum Gasteiger partial charge on any atom is 0.341 e. The Balaban J connectivity index is 1.27. The number of thiophene rings is 1. The van der Waals surface area contributed by atoms with Gasteiger partial charge < -0.3 is 25.4 Å². The Labute approximate surface area is 335 Å². The minimum atomic E-state index is -0.697. The molecule has 1 aliphatic rings.